The van der Waals surface area contributed by atoms with Gasteiger partial charge in [-0.1, -0.05) is 29.8 Å². The van der Waals surface area contributed by atoms with Crippen molar-refractivity contribution in [3.05, 3.63) is 44.8 Å². The van der Waals surface area contributed by atoms with Gasteiger partial charge in [0.25, 0.3) is 0 Å². The lowest BCUT2D eigenvalue weighted by molar-refractivity contribution is 0.0594. The number of anilines is 1. The van der Waals surface area contributed by atoms with Crippen molar-refractivity contribution < 1.29 is 14.3 Å². The van der Waals surface area contributed by atoms with Gasteiger partial charge in [0, 0.05) is 22.1 Å². The van der Waals surface area contributed by atoms with Crippen molar-refractivity contribution in [2.75, 3.05) is 19.0 Å². The van der Waals surface area contributed by atoms with Crippen LogP contribution in [0.1, 0.15) is 35.8 Å². The zero-order chi connectivity index (χ0) is 19.1. The predicted molar refractivity (Wildman–Crippen MR) is 106 cm³/mol. The third-order valence-electron chi connectivity index (χ3n) is 3.63. The number of esters is 1. The number of hydrogen-bond donors (Lipinski definition) is 1. The molecular formula is C18H22BrN3O3S. The summed E-state index contributed by atoms with van der Waals surface area (Å²) in [5, 5.41) is 5.25. The van der Waals surface area contributed by atoms with Gasteiger partial charge >= 0.3 is 12.0 Å². The quantitative estimate of drug-likeness (QED) is 0.630. The molecular weight excluding hydrogens is 418 g/mol. The van der Waals surface area contributed by atoms with E-state index in [9.17, 15) is 9.59 Å². The number of rotatable bonds is 7. The van der Waals surface area contributed by atoms with Gasteiger partial charge in [0.05, 0.1) is 13.7 Å². The van der Waals surface area contributed by atoms with Crippen LogP contribution in [0, 0.1) is 5.92 Å². The number of ether oxygens (including phenoxy) is 1. The molecule has 1 heterocycles. The number of carbonyl (C=O) groups is 2. The van der Waals surface area contributed by atoms with Crippen LogP contribution in [0.25, 0.3) is 0 Å². The Morgan fingerprint density at radius 2 is 2.00 bits per heavy atom. The maximum Gasteiger partial charge on any atom is 0.357 e. The second kappa shape index (κ2) is 9.68. The molecule has 0 radical (unpaired) electrons. The van der Waals surface area contributed by atoms with E-state index in [1.807, 2.05) is 24.3 Å². The van der Waals surface area contributed by atoms with Crippen LogP contribution in [-0.4, -0.2) is 35.5 Å². The largest absolute Gasteiger partial charge is 0.464 e. The van der Waals surface area contributed by atoms with E-state index in [-0.39, 0.29) is 11.7 Å². The lowest BCUT2D eigenvalue weighted by Crippen LogP contribution is -2.35. The summed E-state index contributed by atoms with van der Waals surface area (Å²) in [5.41, 5.74) is 0.992. The van der Waals surface area contributed by atoms with Crippen LogP contribution in [-0.2, 0) is 11.3 Å². The van der Waals surface area contributed by atoms with E-state index in [4.69, 9.17) is 0 Å². The minimum atomic E-state index is -0.472. The number of nitrogens with one attached hydrogen (secondary N) is 1. The molecule has 0 aliphatic carbocycles. The number of thiazole rings is 1. The predicted octanol–water partition coefficient (Wildman–Crippen LogP) is 4.77. The molecule has 0 aliphatic heterocycles. The Hall–Kier alpha value is -1.93. The Morgan fingerprint density at radius 3 is 2.62 bits per heavy atom. The summed E-state index contributed by atoms with van der Waals surface area (Å²) >= 11 is 4.72. The van der Waals surface area contributed by atoms with E-state index in [1.54, 1.807) is 10.3 Å². The lowest BCUT2D eigenvalue weighted by Gasteiger charge is -2.23. The fraction of sp³-hybridized carbons (Fsp3) is 0.389. The van der Waals surface area contributed by atoms with Crippen molar-refractivity contribution in [3.63, 3.8) is 0 Å². The second-order valence-corrected chi connectivity index (χ2v) is 8.02. The first kappa shape index (κ1) is 20.4. The summed E-state index contributed by atoms with van der Waals surface area (Å²) in [6.45, 7) is 5.18. The summed E-state index contributed by atoms with van der Waals surface area (Å²) < 4.78 is 5.63. The maximum atomic E-state index is 12.7. The number of carbonyl (C=O) groups excluding carboxylic acids is 2. The summed E-state index contributed by atoms with van der Waals surface area (Å²) in [7, 11) is 1.32. The molecule has 0 saturated heterocycles. The molecule has 0 spiro atoms. The molecule has 2 rings (SSSR count). The van der Waals surface area contributed by atoms with Gasteiger partial charge in [-0.3, -0.25) is 0 Å². The molecule has 0 saturated carbocycles. The molecule has 2 aromatic rings. The number of nitrogens with zero attached hydrogens (tertiary/aromatic N) is 2. The van der Waals surface area contributed by atoms with Crippen LogP contribution >= 0.6 is 27.3 Å². The minimum Gasteiger partial charge on any atom is -0.464 e. The molecule has 1 aromatic carbocycles. The van der Waals surface area contributed by atoms with Gasteiger partial charge in [-0.2, -0.15) is 0 Å². The minimum absolute atomic E-state index is 0.192. The average Bonchev–Trinajstić information content (AvgIpc) is 3.08. The normalized spacial score (nSPS) is 10.7. The van der Waals surface area contributed by atoms with Crippen LogP contribution in [0.4, 0.5) is 10.5 Å². The first-order valence-corrected chi connectivity index (χ1v) is 9.90. The van der Waals surface area contributed by atoms with Crippen molar-refractivity contribution in [1.29, 1.82) is 0 Å². The standard InChI is InChI=1S/C18H22BrN3O3S/c1-12(2)8-9-22(10-16-21-15(11-26-16)17(23)25-3)18(24)20-14-6-4-13(19)5-7-14/h4-7,11-12H,8-10H2,1-3H3,(H,20,24). The van der Waals surface area contributed by atoms with E-state index < -0.39 is 5.97 Å². The van der Waals surface area contributed by atoms with Crippen LogP contribution in [0.5, 0.6) is 0 Å². The van der Waals surface area contributed by atoms with E-state index in [1.165, 1.54) is 18.4 Å². The number of amides is 2. The smallest absolute Gasteiger partial charge is 0.357 e. The molecule has 140 valence electrons. The highest BCUT2D eigenvalue weighted by Gasteiger charge is 2.18. The van der Waals surface area contributed by atoms with Crippen molar-refractivity contribution >= 4 is 45.0 Å². The summed E-state index contributed by atoms with van der Waals surface area (Å²) in [6.07, 6.45) is 0.878. The second-order valence-electron chi connectivity index (χ2n) is 6.16. The highest BCUT2D eigenvalue weighted by Crippen LogP contribution is 2.17. The Kier molecular flexibility index (Phi) is 7.59. The summed E-state index contributed by atoms with van der Waals surface area (Å²) in [5.74, 6) is 0.000417. The Bertz CT molecular complexity index is 746. The van der Waals surface area contributed by atoms with Crippen molar-refractivity contribution in [3.8, 4) is 0 Å². The highest BCUT2D eigenvalue weighted by atomic mass is 79.9. The SMILES string of the molecule is COC(=O)c1csc(CN(CCC(C)C)C(=O)Nc2ccc(Br)cc2)n1. The molecule has 0 bridgehead atoms. The molecule has 1 N–H and O–H groups in total. The Balaban J connectivity index is 2.08. The van der Waals surface area contributed by atoms with Gasteiger partial charge in [-0.25, -0.2) is 14.6 Å². The van der Waals surface area contributed by atoms with Gasteiger partial charge in [-0.05, 0) is 36.6 Å². The van der Waals surface area contributed by atoms with Gasteiger partial charge in [0.1, 0.15) is 5.01 Å². The van der Waals surface area contributed by atoms with E-state index in [2.05, 4.69) is 44.8 Å². The van der Waals surface area contributed by atoms with Crippen molar-refractivity contribution in [2.45, 2.75) is 26.8 Å². The van der Waals surface area contributed by atoms with Crippen LogP contribution < -0.4 is 5.32 Å². The molecule has 2 amide bonds. The lowest BCUT2D eigenvalue weighted by atomic mass is 10.1. The van der Waals surface area contributed by atoms with E-state index in [0.717, 1.165) is 16.6 Å². The van der Waals surface area contributed by atoms with Crippen LogP contribution in [0.3, 0.4) is 0 Å². The van der Waals surface area contributed by atoms with Crippen LogP contribution in [0.15, 0.2) is 34.1 Å². The average molecular weight is 440 g/mol. The number of urea groups is 1. The molecule has 6 nitrogen and oxygen atoms in total. The highest BCUT2D eigenvalue weighted by molar-refractivity contribution is 9.10. The zero-order valence-electron chi connectivity index (χ0n) is 15.0. The van der Waals surface area contributed by atoms with Gasteiger partial charge in [0.15, 0.2) is 5.69 Å². The van der Waals surface area contributed by atoms with E-state index in [0.29, 0.717) is 24.0 Å². The van der Waals surface area contributed by atoms with Gasteiger partial charge in [0.2, 0.25) is 0 Å². The zero-order valence-corrected chi connectivity index (χ0v) is 17.4. The number of halogens is 1. The fourth-order valence-corrected chi connectivity index (χ4v) is 3.19. The molecule has 26 heavy (non-hydrogen) atoms. The molecule has 0 fully saturated rings. The topological polar surface area (TPSA) is 71.5 Å². The molecule has 1 aromatic heterocycles. The Morgan fingerprint density at radius 1 is 1.31 bits per heavy atom. The van der Waals surface area contributed by atoms with Crippen LogP contribution in [0.2, 0.25) is 0 Å². The van der Waals surface area contributed by atoms with E-state index >= 15 is 0 Å². The monoisotopic (exact) mass is 439 g/mol. The first-order chi connectivity index (χ1) is 12.4. The number of methoxy groups -OCH3 is 1. The fourth-order valence-electron chi connectivity index (χ4n) is 2.15. The molecule has 0 atom stereocenters. The summed E-state index contributed by atoms with van der Waals surface area (Å²) in [4.78, 5) is 30.2. The summed E-state index contributed by atoms with van der Waals surface area (Å²) in [6, 6.07) is 7.22. The van der Waals surface area contributed by atoms with Crippen molar-refractivity contribution in [1.82, 2.24) is 9.88 Å². The van der Waals surface area contributed by atoms with Gasteiger partial charge < -0.3 is 15.0 Å². The maximum absolute atomic E-state index is 12.7. The number of aromatic nitrogens is 1. The third-order valence-corrected chi connectivity index (χ3v) is 4.99. The first-order valence-electron chi connectivity index (χ1n) is 8.23. The molecule has 0 unspecified atom stereocenters. The third kappa shape index (κ3) is 6.10. The number of hydrogen-bond acceptors (Lipinski definition) is 5. The molecule has 8 heteroatoms. The van der Waals surface area contributed by atoms with Crippen molar-refractivity contribution in [2.24, 2.45) is 5.92 Å². The Labute approximate surface area is 165 Å². The molecule has 0 aliphatic rings. The van der Waals surface area contributed by atoms with Gasteiger partial charge in [-0.15, -0.1) is 11.3 Å². The number of benzene rings is 1.